The average Bonchev–Trinajstić information content (AvgIpc) is 2.78. The summed E-state index contributed by atoms with van der Waals surface area (Å²) in [5.41, 5.74) is 2.77. The molecule has 2 aromatic carbocycles. The van der Waals surface area contributed by atoms with Gasteiger partial charge in [0.25, 0.3) is 0 Å². The van der Waals surface area contributed by atoms with Crippen molar-refractivity contribution in [1.82, 2.24) is 0 Å². The van der Waals surface area contributed by atoms with E-state index in [1.165, 1.54) is 4.74 Å². The van der Waals surface area contributed by atoms with Crippen LogP contribution in [0.1, 0.15) is 37.8 Å². The number of hydrogen-bond acceptors (Lipinski definition) is 1. The molecule has 0 N–H and O–H groups in total. The second-order valence-electron chi connectivity index (χ2n) is 6.65. The summed E-state index contributed by atoms with van der Waals surface area (Å²) in [6.07, 6.45) is 1.43. The minimum absolute atomic E-state index is 0.0728. The van der Waals surface area contributed by atoms with Crippen molar-refractivity contribution < 1.29 is 4.74 Å². The van der Waals surface area contributed by atoms with E-state index in [1.54, 1.807) is 0 Å². The molecule has 0 aromatic heterocycles. The van der Waals surface area contributed by atoms with Gasteiger partial charge >= 0.3 is 0 Å². The fourth-order valence-electron chi connectivity index (χ4n) is 3.31. The largest absolute Gasteiger partial charge is 0.623 e. The van der Waals surface area contributed by atoms with Crippen LogP contribution in [-0.2, 0) is 0 Å². The van der Waals surface area contributed by atoms with Crippen molar-refractivity contribution in [3.05, 3.63) is 77.0 Å². The van der Waals surface area contributed by atoms with E-state index in [2.05, 4.69) is 25.7 Å². The topological polar surface area (TPSA) is 26.1 Å². The van der Waals surface area contributed by atoms with E-state index < -0.39 is 0 Å². The van der Waals surface area contributed by atoms with E-state index in [4.69, 9.17) is 0 Å². The summed E-state index contributed by atoms with van der Waals surface area (Å²) >= 11 is 0. The van der Waals surface area contributed by atoms with E-state index in [0.717, 1.165) is 23.3 Å². The van der Waals surface area contributed by atoms with Crippen LogP contribution in [0.25, 0.3) is 0 Å². The van der Waals surface area contributed by atoms with Crippen molar-refractivity contribution in [2.24, 2.45) is 5.41 Å². The summed E-state index contributed by atoms with van der Waals surface area (Å²) < 4.78 is 1.19. The predicted octanol–water partition coefficient (Wildman–Crippen LogP) is 4.23. The highest BCUT2D eigenvalue weighted by Crippen LogP contribution is 2.35. The number of nitrogens with zero attached hydrogens (tertiary/aromatic N) is 1. The Morgan fingerprint density at radius 3 is 2.30 bits per heavy atom. The van der Waals surface area contributed by atoms with Crippen LogP contribution in [-0.4, -0.2) is 16.5 Å². The number of hydrogen-bond donors (Lipinski definition) is 0. The van der Waals surface area contributed by atoms with Crippen molar-refractivity contribution in [3.63, 3.8) is 0 Å². The molecule has 2 nitrogen and oxygen atoms in total. The smallest absolute Gasteiger partial charge is 0.200 e. The second-order valence-corrected chi connectivity index (χ2v) is 6.65. The first-order valence-corrected chi connectivity index (χ1v) is 8.01. The summed E-state index contributed by atoms with van der Waals surface area (Å²) in [6.45, 7) is 4.29. The lowest BCUT2D eigenvalue weighted by Gasteiger charge is -2.15. The van der Waals surface area contributed by atoms with Crippen LogP contribution in [0.4, 0.5) is 0 Å². The predicted molar refractivity (Wildman–Crippen MR) is 94.3 cm³/mol. The first kappa shape index (κ1) is 15.4. The lowest BCUT2D eigenvalue weighted by atomic mass is 9.81. The van der Waals surface area contributed by atoms with Crippen LogP contribution in [0.5, 0.6) is 0 Å². The SMILES string of the molecule is CC1(C)C[C@@H](CC#Cc2ccccc2)[N+]([O-])=C1c1ccccc1. The maximum absolute atomic E-state index is 12.8. The molecule has 0 aliphatic carbocycles. The van der Waals surface area contributed by atoms with Gasteiger partial charge in [-0.05, 0) is 38.1 Å². The zero-order valence-corrected chi connectivity index (χ0v) is 13.6. The Balaban J connectivity index is 1.83. The molecule has 0 unspecified atom stereocenters. The van der Waals surface area contributed by atoms with Crippen molar-refractivity contribution in [3.8, 4) is 11.8 Å². The maximum atomic E-state index is 12.8. The molecule has 0 fully saturated rings. The molecule has 1 aliphatic heterocycles. The molecule has 1 aliphatic rings. The van der Waals surface area contributed by atoms with Gasteiger partial charge in [-0.1, -0.05) is 48.2 Å². The fourth-order valence-corrected chi connectivity index (χ4v) is 3.31. The first-order valence-electron chi connectivity index (χ1n) is 8.01. The summed E-state index contributed by atoms with van der Waals surface area (Å²) in [4.78, 5) is 0. The Bertz CT molecular complexity index is 764. The first-order chi connectivity index (χ1) is 11.1. The molecule has 2 aromatic rings. The monoisotopic (exact) mass is 303 g/mol. The minimum atomic E-state index is -0.123. The van der Waals surface area contributed by atoms with E-state index in [9.17, 15) is 5.21 Å². The highest BCUT2D eigenvalue weighted by molar-refractivity contribution is 6.01. The summed E-state index contributed by atoms with van der Waals surface area (Å²) in [7, 11) is 0. The van der Waals surface area contributed by atoms with Gasteiger partial charge in [0.2, 0.25) is 5.71 Å². The Kier molecular flexibility index (Phi) is 4.21. The van der Waals surface area contributed by atoms with Crippen LogP contribution in [0.3, 0.4) is 0 Å². The molecule has 0 spiro atoms. The minimum Gasteiger partial charge on any atom is -0.623 e. The third-order valence-electron chi connectivity index (χ3n) is 4.33. The standard InChI is InChI=1S/C21H21NO/c1-21(2)16-19(15-9-12-17-10-5-3-6-11-17)22(23)20(21)18-13-7-4-8-14-18/h3-8,10-11,13-14,19H,15-16H2,1-2H3/t19-/m1/s1. The molecule has 0 amide bonds. The van der Waals surface area contributed by atoms with E-state index in [1.807, 2.05) is 60.7 Å². The number of hydroxylamine groups is 1. The number of rotatable bonds is 2. The molecule has 0 bridgehead atoms. The van der Waals surface area contributed by atoms with Crippen molar-refractivity contribution in [2.45, 2.75) is 32.7 Å². The third-order valence-corrected chi connectivity index (χ3v) is 4.33. The molecule has 2 heteroatoms. The summed E-state index contributed by atoms with van der Waals surface area (Å²) in [5, 5.41) is 12.8. The van der Waals surface area contributed by atoms with Gasteiger partial charge in [-0.2, -0.15) is 0 Å². The molecule has 1 atom stereocenters. The molecular formula is C21H21NO. The fraction of sp³-hybridized carbons (Fsp3) is 0.286. The third kappa shape index (κ3) is 3.29. The molecule has 116 valence electrons. The quantitative estimate of drug-likeness (QED) is 0.463. The van der Waals surface area contributed by atoms with E-state index in [0.29, 0.717) is 6.42 Å². The van der Waals surface area contributed by atoms with Gasteiger partial charge in [0.05, 0.1) is 11.8 Å². The number of benzene rings is 2. The highest BCUT2D eigenvalue weighted by atomic mass is 16.5. The second kappa shape index (κ2) is 6.30. The van der Waals surface area contributed by atoms with Crippen molar-refractivity contribution in [1.29, 1.82) is 0 Å². The van der Waals surface area contributed by atoms with Gasteiger partial charge < -0.3 is 5.21 Å². The molecule has 0 saturated heterocycles. The van der Waals surface area contributed by atoms with Gasteiger partial charge in [-0.15, -0.1) is 0 Å². The molecule has 1 heterocycles. The molecular weight excluding hydrogens is 282 g/mol. The molecule has 0 saturated carbocycles. The molecule has 0 radical (unpaired) electrons. The highest BCUT2D eigenvalue weighted by Gasteiger charge is 2.44. The molecule has 3 rings (SSSR count). The van der Waals surface area contributed by atoms with Gasteiger partial charge in [-0.3, -0.25) is 0 Å². The van der Waals surface area contributed by atoms with Gasteiger partial charge in [0.15, 0.2) is 6.04 Å². The van der Waals surface area contributed by atoms with E-state index in [-0.39, 0.29) is 11.5 Å². The van der Waals surface area contributed by atoms with Crippen molar-refractivity contribution in [2.75, 3.05) is 0 Å². The average molecular weight is 303 g/mol. The Hall–Kier alpha value is -2.53. The Morgan fingerprint density at radius 2 is 1.65 bits per heavy atom. The van der Waals surface area contributed by atoms with Gasteiger partial charge in [0.1, 0.15) is 0 Å². The van der Waals surface area contributed by atoms with Crippen LogP contribution in [0, 0.1) is 22.5 Å². The molecule has 23 heavy (non-hydrogen) atoms. The summed E-state index contributed by atoms with van der Waals surface area (Å²) in [5.74, 6) is 6.33. The normalized spacial score (nSPS) is 19.3. The van der Waals surface area contributed by atoms with Crippen molar-refractivity contribution >= 4 is 5.71 Å². The van der Waals surface area contributed by atoms with Crippen LogP contribution >= 0.6 is 0 Å². The lowest BCUT2D eigenvalue weighted by Crippen LogP contribution is -2.24. The van der Waals surface area contributed by atoms with Gasteiger partial charge in [0, 0.05) is 17.5 Å². The Labute approximate surface area is 138 Å². The zero-order chi connectivity index (χ0) is 16.3. The zero-order valence-electron chi connectivity index (χ0n) is 13.6. The van der Waals surface area contributed by atoms with Crippen LogP contribution in [0.2, 0.25) is 0 Å². The lowest BCUT2D eigenvalue weighted by molar-refractivity contribution is -0.490. The van der Waals surface area contributed by atoms with Crippen LogP contribution < -0.4 is 0 Å². The van der Waals surface area contributed by atoms with Crippen LogP contribution in [0.15, 0.2) is 60.7 Å². The van der Waals surface area contributed by atoms with Gasteiger partial charge in [-0.25, -0.2) is 4.74 Å². The van der Waals surface area contributed by atoms with E-state index >= 15 is 0 Å². The maximum Gasteiger partial charge on any atom is 0.200 e. The Morgan fingerprint density at radius 1 is 1.04 bits per heavy atom. The summed E-state index contributed by atoms with van der Waals surface area (Å²) in [6, 6.07) is 19.8.